The van der Waals surface area contributed by atoms with Crippen molar-refractivity contribution in [2.24, 2.45) is 0 Å². The van der Waals surface area contributed by atoms with E-state index in [-0.39, 0.29) is 30.4 Å². The van der Waals surface area contributed by atoms with Crippen LogP contribution in [0.5, 0.6) is 0 Å². The molecule has 19 heavy (non-hydrogen) atoms. The summed E-state index contributed by atoms with van der Waals surface area (Å²) in [6.45, 7) is 3.93. The van der Waals surface area contributed by atoms with E-state index in [0.717, 1.165) is 6.07 Å². The SMILES string of the molecule is CC(C)N(CCC#N)C(=O)Cc1cccc(F)c1F. The quantitative estimate of drug-likeness (QED) is 0.822. The molecule has 1 rings (SSSR count). The summed E-state index contributed by atoms with van der Waals surface area (Å²) in [5, 5.41) is 8.55. The van der Waals surface area contributed by atoms with Gasteiger partial charge in [-0.25, -0.2) is 8.78 Å². The van der Waals surface area contributed by atoms with Gasteiger partial charge < -0.3 is 4.90 Å². The third-order valence-corrected chi connectivity index (χ3v) is 2.78. The zero-order valence-electron chi connectivity index (χ0n) is 11.0. The Morgan fingerprint density at radius 2 is 2.11 bits per heavy atom. The number of carbonyl (C=O) groups is 1. The van der Waals surface area contributed by atoms with Crippen LogP contribution in [0.25, 0.3) is 0 Å². The molecule has 1 amide bonds. The molecule has 3 nitrogen and oxygen atoms in total. The van der Waals surface area contributed by atoms with Gasteiger partial charge in [-0.05, 0) is 19.9 Å². The summed E-state index contributed by atoms with van der Waals surface area (Å²) < 4.78 is 26.5. The van der Waals surface area contributed by atoms with Crippen molar-refractivity contribution >= 4 is 5.91 Å². The van der Waals surface area contributed by atoms with Gasteiger partial charge in [-0.1, -0.05) is 12.1 Å². The molecule has 0 aliphatic rings. The number of halogens is 2. The van der Waals surface area contributed by atoms with E-state index in [1.807, 2.05) is 19.9 Å². The number of benzene rings is 1. The van der Waals surface area contributed by atoms with Crippen molar-refractivity contribution in [3.05, 3.63) is 35.4 Å². The Balaban J connectivity index is 2.82. The molecule has 102 valence electrons. The molecule has 0 N–H and O–H groups in total. The van der Waals surface area contributed by atoms with Crippen molar-refractivity contribution < 1.29 is 13.6 Å². The van der Waals surface area contributed by atoms with E-state index in [0.29, 0.717) is 6.54 Å². The van der Waals surface area contributed by atoms with Crippen LogP contribution in [0.15, 0.2) is 18.2 Å². The molecule has 0 radical (unpaired) electrons. The van der Waals surface area contributed by atoms with Crippen molar-refractivity contribution in [3.8, 4) is 6.07 Å². The van der Waals surface area contributed by atoms with Crippen LogP contribution in [0.2, 0.25) is 0 Å². The van der Waals surface area contributed by atoms with Gasteiger partial charge in [0.15, 0.2) is 11.6 Å². The van der Waals surface area contributed by atoms with Gasteiger partial charge >= 0.3 is 0 Å². The van der Waals surface area contributed by atoms with Crippen molar-refractivity contribution in [2.45, 2.75) is 32.7 Å². The molecule has 0 aliphatic heterocycles. The van der Waals surface area contributed by atoms with Gasteiger partial charge in [0.05, 0.1) is 18.9 Å². The first-order valence-corrected chi connectivity index (χ1v) is 6.06. The van der Waals surface area contributed by atoms with E-state index in [2.05, 4.69) is 0 Å². The zero-order chi connectivity index (χ0) is 14.4. The topological polar surface area (TPSA) is 44.1 Å². The van der Waals surface area contributed by atoms with Crippen LogP contribution in [0.3, 0.4) is 0 Å². The van der Waals surface area contributed by atoms with Crippen LogP contribution >= 0.6 is 0 Å². The Morgan fingerprint density at radius 1 is 1.42 bits per heavy atom. The van der Waals surface area contributed by atoms with E-state index in [1.165, 1.54) is 17.0 Å². The van der Waals surface area contributed by atoms with Crippen LogP contribution in [0.1, 0.15) is 25.8 Å². The minimum absolute atomic E-state index is 0.0348. The Morgan fingerprint density at radius 3 is 2.68 bits per heavy atom. The minimum Gasteiger partial charge on any atom is -0.339 e. The van der Waals surface area contributed by atoms with Crippen LogP contribution in [-0.4, -0.2) is 23.4 Å². The van der Waals surface area contributed by atoms with Gasteiger partial charge in [0.1, 0.15) is 0 Å². The van der Waals surface area contributed by atoms with Crippen LogP contribution in [0.4, 0.5) is 8.78 Å². The molecule has 0 saturated heterocycles. The number of nitriles is 1. The Hall–Kier alpha value is -1.96. The standard InChI is InChI=1S/C14H16F2N2O/c1-10(2)18(8-4-7-17)13(19)9-11-5-3-6-12(15)14(11)16/h3,5-6,10H,4,8-9H2,1-2H3. The second-order valence-corrected chi connectivity index (χ2v) is 4.48. The molecule has 1 aromatic carbocycles. The molecule has 5 heteroatoms. The highest BCUT2D eigenvalue weighted by molar-refractivity contribution is 5.79. The van der Waals surface area contributed by atoms with Gasteiger partial charge in [0.2, 0.25) is 5.91 Å². The first kappa shape index (κ1) is 15.1. The van der Waals surface area contributed by atoms with Gasteiger partial charge in [-0.3, -0.25) is 4.79 Å². The lowest BCUT2D eigenvalue weighted by molar-refractivity contribution is -0.132. The first-order chi connectivity index (χ1) is 8.97. The van der Waals surface area contributed by atoms with Crippen molar-refractivity contribution in [3.63, 3.8) is 0 Å². The molecule has 0 fully saturated rings. The van der Waals surface area contributed by atoms with Gasteiger partial charge in [0.25, 0.3) is 0 Å². The van der Waals surface area contributed by atoms with Gasteiger partial charge in [0, 0.05) is 18.2 Å². The Bertz CT molecular complexity index is 495. The van der Waals surface area contributed by atoms with E-state index < -0.39 is 11.6 Å². The third-order valence-electron chi connectivity index (χ3n) is 2.78. The molecule has 0 unspecified atom stereocenters. The number of carbonyl (C=O) groups excluding carboxylic acids is 1. The number of hydrogen-bond acceptors (Lipinski definition) is 2. The van der Waals surface area contributed by atoms with E-state index >= 15 is 0 Å². The summed E-state index contributed by atoms with van der Waals surface area (Å²) in [5.74, 6) is -2.26. The molecule has 0 bridgehead atoms. The lowest BCUT2D eigenvalue weighted by Crippen LogP contribution is -2.38. The van der Waals surface area contributed by atoms with Gasteiger partial charge in [-0.2, -0.15) is 5.26 Å². The predicted octanol–water partition coefficient (Wildman–Crippen LogP) is 2.66. The third kappa shape index (κ3) is 4.02. The zero-order valence-corrected chi connectivity index (χ0v) is 11.0. The van der Waals surface area contributed by atoms with E-state index in [1.54, 1.807) is 0 Å². The molecule has 0 saturated carbocycles. The minimum atomic E-state index is -0.986. The smallest absolute Gasteiger partial charge is 0.227 e. The molecule has 1 aromatic rings. The molecule has 0 aliphatic carbocycles. The fourth-order valence-corrected chi connectivity index (χ4v) is 1.79. The fraction of sp³-hybridized carbons (Fsp3) is 0.429. The second-order valence-electron chi connectivity index (χ2n) is 4.48. The number of hydrogen-bond donors (Lipinski definition) is 0. The van der Waals surface area contributed by atoms with Gasteiger partial charge in [-0.15, -0.1) is 0 Å². The summed E-state index contributed by atoms with van der Waals surface area (Å²) in [6.07, 6.45) is 0.0166. The molecule has 0 heterocycles. The van der Waals surface area contributed by atoms with E-state index in [9.17, 15) is 13.6 Å². The molecule has 0 atom stereocenters. The lowest BCUT2D eigenvalue weighted by atomic mass is 10.1. The second kappa shape index (κ2) is 6.83. The Kier molecular flexibility index (Phi) is 5.43. The maximum Gasteiger partial charge on any atom is 0.227 e. The number of nitrogens with zero attached hydrogens (tertiary/aromatic N) is 2. The summed E-state index contributed by atoms with van der Waals surface area (Å²) in [5.41, 5.74) is 0.0348. The largest absolute Gasteiger partial charge is 0.339 e. The highest BCUT2D eigenvalue weighted by Crippen LogP contribution is 2.14. The Labute approximate surface area is 111 Å². The molecular weight excluding hydrogens is 250 g/mol. The maximum atomic E-state index is 13.5. The molecule has 0 aromatic heterocycles. The van der Waals surface area contributed by atoms with E-state index in [4.69, 9.17) is 5.26 Å². The van der Waals surface area contributed by atoms with Crippen molar-refractivity contribution in [2.75, 3.05) is 6.54 Å². The highest BCUT2D eigenvalue weighted by Gasteiger charge is 2.19. The molecular formula is C14H16F2N2O. The summed E-state index contributed by atoms with van der Waals surface area (Å²) >= 11 is 0. The first-order valence-electron chi connectivity index (χ1n) is 6.06. The monoisotopic (exact) mass is 266 g/mol. The summed E-state index contributed by atoms with van der Waals surface area (Å²) in [7, 11) is 0. The lowest BCUT2D eigenvalue weighted by Gasteiger charge is -2.26. The maximum absolute atomic E-state index is 13.5. The summed E-state index contributed by atoms with van der Waals surface area (Å²) in [4.78, 5) is 13.5. The average Bonchev–Trinajstić information content (AvgIpc) is 2.35. The number of amides is 1. The summed E-state index contributed by atoms with van der Waals surface area (Å²) in [6, 6.07) is 5.65. The normalized spacial score (nSPS) is 10.3. The van der Waals surface area contributed by atoms with Crippen molar-refractivity contribution in [1.82, 2.24) is 4.90 Å². The predicted molar refractivity (Wildman–Crippen MR) is 67.1 cm³/mol. The number of rotatable bonds is 5. The fourth-order valence-electron chi connectivity index (χ4n) is 1.79. The highest BCUT2D eigenvalue weighted by atomic mass is 19.2. The van der Waals surface area contributed by atoms with Crippen LogP contribution in [0, 0.1) is 23.0 Å². The average molecular weight is 266 g/mol. The van der Waals surface area contributed by atoms with Crippen molar-refractivity contribution in [1.29, 1.82) is 5.26 Å². The van der Waals surface area contributed by atoms with Crippen LogP contribution < -0.4 is 0 Å². The molecule has 0 spiro atoms. The van der Waals surface area contributed by atoms with Crippen LogP contribution in [-0.2, 0) is 11.2 Å².